The standard InChI is InChI=1S/C8H18N2O2.3CH4/c1-9-4-3-5-10(2)7-12-8-11-6-9;;;/h3-8H2,1-2H3;3*1H4. The van der Waals surface area contributed by atoms with Crippen LogP contribution in [0.25, 0.3) is 0 Å². The summed E-state index contributed by atoms with van der Waals surface area (Å²) in [6, 6.07) is 0. The van der Waals surface area contributed by atoms with Gasteiger partial charge in [0, 0.05) is 13.1 Å². The summed E-state index contributed by atoms with van der Waals surface area (Å²) in [5, 5.41) is 0. The molecular weight excluding hydrogens is 192 g/mol. The Balaban J connectivity index is -0.000000480. The largest absolute Gasteiger partial charge is 0.340 e. The summed E-state index contributed by atoms with van der Waals surface area (Å²) in [6.07, 6.45) is 1.17. The van der Waals surface area contributed by atoms with Crippen LogP contribution in [-0.2, 0) is 9.47 Å². The van der Waals surface area contributed by atoms with Crippen molar-refractivity contribution in [2.45, 2.75) is 28.7 Å². The number of rotatable bonds is 0. The topological polar surface area (TPSA) is 24.9 Å². The van der Waals surface area contributed by atoms with Gasteiger partial charge >= 0.3 is 0 Å². The fraction of sp³-hybridized carbons (Fsp3) is 1.00. The monoisotopic (exact) mass is 222 g/mol. The van der Waals surface area contributed by atoms with E-state index < -0.39 is 0 Å². The van der Waals surface area contributed by atoms with Crippen molar-refractivity contribution < 1.29 is 9.47 Å². The molecule has 0 bridgehead atoms. The highest BCUT2D eigenvalue weighted by atomic mass is 16.7. The summed E-state index contributed by atoms with van der Waals surface area (Å²) in [5.74, 6) is 0. The van der Waals surface area contributed by atoms with E-state index in [0.29, 0.717) is 20.3 Å². The van der Waals surface area contributed by atoms with Crippen molar-refractivity contribution in [1.29, 1.82) is 0 Å². The molecule has 0 aromatic heterocycles. The molecule has 1 aliphatic heterocycles. The van der Waals surface area contributed by atoms with Crippen molar-refractivity contribution in [3.8, 4) is 0 Å². The molecule has 4 heteroatoms. The molecule has 1 heterocycles. The van der Waals surface area contributed by atoms with Gasteiger partial charge in [0.05, 0.1) is 0 Å². The second-order valence-electron chi connectivity index (χ2n) is 3.30. The van der Waals surface area contributed by atoms with Crippen LogP contribution in [0.15, 0.2) is 0 Å². The molecule has 0 amide bonds. The first kappa shape index (κ1) is 20.3. The van der Waals surface area contributed by atoms with Gasteiger partial charge < -0.3 is 9.47 Å². The minimum Gasteiger partial charge on any atom is -0.340 e. The lowest BCUT2D eigenvalue weighted by Crippen LogP contribution is -2.31. The molecule has 1 fully saturated rings. The summed E-state index contributed by atoms with van der Waals surface area (Å²) in [5.41, 5.74) is 0. The molecule has 0 N–H and O–H groups in total. The van der Waals surface area contributed by atoms with Crippen LogP contribution in [0, 0.1) is 0 Å². The molecule has 96 valence electrons. The van der Waals surface area contributed by atoms with Gasteiger partial charge in [-0.05, 0) is 20.5 Å². The second-order valence-corrected chi connectivity index (χ2v) is 3.30. The van der Waals surface area contributed by atoms with Crippen LogP contribution in [0.1, 0.15) is 28.7 Å². The zero-order chi connectivity index (χ0) is 8.81. The molecule has 1 aliphatic rings. The summed E-state index contributed by atoms with van der Waals surface area (Å²) < 4.78 is 10.5. The van der Waals surface area contributed by atoms with E-state index in [1.807, 2.05) is 0 Å². The Labute approximate surface area is 96.1 Å². The molecule has 0 unspecified atom stereocenters. The van der Waals surface area contributed by atoms with Crippen LogP contribution >= 0.6 is 0 Å². The Morgan fingerprint density at radius 1 is 0.800 bits per heavy atom. The van der Waals surface area contributed by atoms with Crippen LogP contribution in [-0.4, -0.2) is 57.2 Å². The van der Waals surface area contributed by atoms with Crippen LogP contribution in [0.5, 0.6) is 0 Å². The number of hydrogen-bond acceptors (Lipinski definition) is 4. The zero-order valence-corrected chi connectivity index (χ0v) is 7.95. The summed E-state index contributed by atoms with van der Waals surface area (Å²) in [7, 11) is 4.11. The Kier molecular flexibility index (Phi) is 16.1. The van der Waals surface area contributed by atoms with Crippen LogP contribution < -0.4 is 0 Å². The molecule has 0 aliphatic carbocycles. The predicted octanol–water partition coefficient (Wildman–Crippen LogP) is 2.07. The molecule has 0 spiro atoms. The van der Waals surface area contributed by atoms with Gasteiger partial charge in [-0.2, -0.15) is 0 Å². The van der Waals surface area contributed by atoms with Crippen molar-refractivity contribution in [3.63, 3.8) is 0 Å². The highest BCUT2D eigenvalue weighted by Crippen LogP contribution is 1.95. The van der Waals surface area contributed by atoms with Crippen molar-refractivity contribution in [3.05, 3.63) is 0 Å². The van der Waals surface area contributed by atoms with E-state index in [4.69, 9.17) is 9.47 Å². The molecule has 0 radical (unpaired) electrons. The van der Waals surface area contributed by atoms with E-state index in [1.165, 1.54) is 6.42 Å². The lowest BCUT2D eigenvalue weighted by atomic mass is 10.4. The Bertz CT molecular complexity index is 111. The van der Waals surface area contributed by atoms with E-state index >= 15 is 0 Å². The van der Waals surface area contributed by atoms with Crippen LogP contribution in [0.3, 0.4) is 0 Å². The van der Waals surface area contributed by atoms with Crippen LogP contribution in [0.4, 0.5) is 0 Å². The molecule has 0 saturated carbocycles. The molecule has 0 aromatic rings. The van der Waals surface area contributed by atoms with Crippen molar-refractivity contribution in [1.82, 2.24) is 9.80 Å². The van der Waals surface area contributed by atoms with Gasteiger partial charge in [0.1, 0.15) is 20.3 Å². The Morgan fingerprint density at radius 3 is 1.60 bits per heavy atom. The van der Waals surface area contributed by atoms with Crippen molar-refractivity contribution >= 4 is 0 Å². The van der Waals surface area contributed by atoms with Gasteiger partial charge in [-0.1, -0.05) is 22.3 Å². The maximum Gasteiger partial charge on any atom is 0.150 e. The lowest BCUT2D eigenvalue weighted by Gasteiger charge is -2.22. The number of ether oxygens (including phenoxy) is 2. The predicted molar refractivity (Wildman–Crippen MR) is 66.8 cm³/mol. The van der Waals surface area contributed by atoms with Gasteiger partial charge in [-0.3, -0.25) is 9.80 Å². The zero-order valence-electron chi connectivity index (χ0n) is 7.95. The second kappa shape index (κ2) is 11.9. The molecule has 0 atom stereocenters. The van der Waals surface area contributed by atoms with Crippen LogP contribution in [0.2, 0.25) is 0 Å². The first-order valence-electron chi connectivity index (χ1n) is 4.31. The number of hydrogen-bond donors (Lipinski definition) is 0. The molecule has 1 rings (SSSR count). The smallest absolute Gasteiger partial charge is 0.150 e. The average Bonchev–Trinajstić information content (AvgIpc) is 2.04. The van der Waals surface area contributed by atoms with E-state index in [0.717, 1.165) is 13.1 Å². The normalized spacial score (nSPS) is 20.4. The first-order valence-corrected chi connectivity index (χ1v) is 4.31. The Hall–Kier alpha value is -0.160. The summed E-state index contributed by atoms with van der Waals surface area (Å²) in [4.78, 5) is 4.31. The molecular formula is C11H30N2O2. The maximum atomic E-state index is 5.25. The third-order valence-electron chi connectivity index (χ3n) is 1.87. The minimum absolute atomic E-state index is 0. The lowest BCUT2D eigenvalue weighted by molar-refractivity contribution is -0.115. The highest BCUT2D eigenvalue weighted by Gasteiger charge is 2.03. The third-order valence-corrected chi connectivity index (χ3v) is 1.87. The number of nitrogens with zero attached hydrogens (tertiary/aromatic N) is 2. The maximum absolute atomic E-state index is 5.25. The van der Waals surface area contributed by atoms with E-state index in [9.17, 15) is 0 Å². The van der Waals surface area contributed by atoms with Gasteiger partial charge in [0.2, 0.25) is 0 Å². The van der Waals surface area contributed by atoms with Gasteiger partial charge in [0.25, 0.3) is 0 Å². The van der Waals surface area contributed by atoms with Gasteiger partial charge in [-0.15, -0.1) is 0 Å². The molecule has 0 aromatic carbocycles. The van der Waals surface area contributed by atoms with E-state index in [1.54, 1.807) is 0 Å². The quantitative estimate of drug-likeness (QED) is 0.626. The average molecular weight is 222 g/mol. The van der Waals surface area contributed by atoms with E-state index in [-0.39, 0.29) is 22.3 Å². The SMILES string of the molecule is C.C.C.CN1CCCN(C)COCOC1. The van der Waals surface area contributed by atoms with Crippen molar-refractivity contribution in [2.75, 3.05) is 47.4 Å². The minimum atomic E-state index is 0. The van der Waals surface area contributed by atoms with Crippen molar-refractivity contribution in [2.24, 2.45) is 0 Å². The molecule has 1 saturated heterocycles. The van der Waals surface area contributed by atoms with Gasteiger partial charge in [-0.25, -0.2) is 0 Å². The highest BCUT2D eigenvalue weighted by molar-refractivity contribution is 4.51. The summed E-state index contributed by atoms with van der Waals surface area (Å²) in [6.45, 7) is 3.91. The van der Waals surface area contributed by atoms with E-state index in [2.05, 4.69) is 23.9 Å². The molecule has 4 nitrogen and oxygen atoms in total. The fourth-order valence-electron chi connectivity index (χ4n) is 1.18. The van der Waals surface area contributed by atoms with Gasteiger partial charge in [0.15, 0.2) is 0 Å². The first-order chi connectivity index (χ1) is 5.79. The Morgan fingerprint density at radius 2 is 1.20 bits per heavy atom. The summed E-state index contributed by atoms with van der Waals surface area (Å²) >= 11 is 0. The fourth-order valence-corrected chi connectivity index (χ4v) is 1.18. The molecule has 15 heavy (non-hydrogen) atoms. The third kappa shape index (κ3) is 10.1.